The van der Waals surface area contributed by atoms with Crippen molar-refractivity contribution in [1.82, 2.24) is 35.4 Å². The number of carbonyl (C=O) groups is 2. The topological polar surface area (TPSA) is 148 Å². The molecule has 0 aliphatic heterocycles. The summed E-state index contributed by atoms with van der Waals surface area (Å²) in [5, 5.41) is 18.1. The van der Waals surface area contributed by atoms with E-state index in [4.69, 9.17) is 0 Å². The lowest BCUT2D eigenvalue weighted by atomic mass is 9.95. The standard InChI is InChI=1S/C23H19F5N8O3/c1-12(19-33-11-34-36(19)18-7-16(31-10-32-18)21(38)30-8-17(24)25)35-20(37)13-4-14(22(9-29)2-3-22)6-15(5-13)39-23(26,27)28/h4-7,10-12,17H,2-3,8H2,1H3,(H,30,38)(H,35,37)/t12-/m0/s1. The monoisotopic (exact) mass is 550 g/mol. The molecule has 4 rings (SSSR count). The smallest absolute Gasteiger partial charge is 0.406 e. The van der Waals surface area contributed by atoms with Crippen molar-refractivity contribution in [3.8, 4) is 17.6 Å². The first kappa shape index (κ1) is 27.4. The maximum atomic E-state index is 13.0. The Hall–Kier alpha value is -4.68. The molecule has 2 aromatic heterocycles. The van der Waals surface area contributed by atoms with Crippen LogP contribution in [0.3, 0.4) is 0 Å². The van der Waals surface area contributed by atoms with Crippen LogP contribution < -0.4 is 15.4 Å². The first-order valence-corrected chi connectivity index (χ1v) is 11.3. The molecule has 3 aromatic rings. The van der Waals surface area contributed by atoms with E-state index in [9.17, 15) is 36.8 Å². The molecular weight excluding hydrogens is 531 g/mol. The highest BCUT2D eigenvalue weighted by Gasteiger charge is 2.46. The Bertz CT molecular complexity index is 1430. The lowest BCUT2D eigenvalue weighted by Gasteiger charge is -2.17. The molecule has 204 valence electrons. The molecule has 1 aromatic carbocycles. The van der Waals surface area contributed by atoms with Gasteiger partial charge in [0.25, 0.3) is 18.2 Å². The maximum absolute atomic E-state index is 13.0. The van der Waals surface area contributed by atoms with Gasteiger partial charge in [-0.25, -0.2) is 23.7 Å². The van der Waals surface area contributed by atoms with Gasteiger partial charge in [0.1, 0.15) is 24.1 Å². The lowest BCUT2D eigenvalue weighted by Crippen LogP contribution is -2.30. The molecule has 1 atom stereocenters. The Morgan fingerprint density at radius 3 is 2.51 bits per heavy atom. The summed E-state index contributed by atoms with van der Waals surface area (Å²) in [4.78, 5) is 37.0. The van der Waals surface area contributed by atoms with Crippen LogP contribution in [0.1, 0.15) is 58.0 Å². The average Bonchev–Trinajstić information content (AvgIpc) is 3.53. The zero-order valence-electron chi connectivity index (χ0n) is 20.0. The highest BCUT2D eigenvalue weighted by Crippen LogP contribution is 2.48. The number of ether oxygens (including phenoxy) is 1. The van der Waals surface area contributed by atoms with Crippen LogP contribution in [-0.4, -0.2) is 55.9 Å². The minimum Gasteiger partial charge on any atom is -0.406 e. The van der Waals surface area contributed by atoms with Gasteiger partial charge in [-0.15, -0.1) is 13.2 Å². The number of halogens is 5. The third kappa shape index (κ3) is 6.43. The molecule has 2 amide bonds. The van der Waals surface area contributed by atoms with E-state index in [0.717, 1.165) is 24.8 Å². The molecule has 1 fully saturated rings. The van der Waals surface area contributed by atoms with Crippen LogP contribution in [0.5, 0.6) is 5.75 Å². The van der Waals surface area contributed by atoms with Gasteiger partial charge in [0.15, 0.2) is 11.6 Å². The predicted molar refractivity (Wildman–Crippen MR) is 121 cm³/mol. The lowest BCUT2D eigenvalue weighted by molar-refractivity contribution is -0.274. The number of alkyl halides is 5. The summed E-state index contributed by atoms with van der Waals surface area (Å²) < 4.78 is 68.6. The fourth-order valence-corrected chi connectivity index (χ4v) is 3.70. The minimum absolute atomic E-state index is 0.0355. The van der Waals surface area contributed by atoms with Gasteiger partial charge < -0.3 is 15.4 Å². The van der Waals surface area contributed by atoms with E-state index in [1.54, 1.807) is 0 Å². The second kappa shape index (κ2) is 10.6. The highest BCUT2D eigenvalue weighted by molar-refractivity contribution is 5.95. The summed E-state index contributed by atoms with van der Waals surface area (Å²) in [5.41, 5.74) is -1.16. The molecule has 16 heteroatoms. The third-order valence-electron chi connectivity index (χ3n) is 5.75. The van der Waals surface area contributed by atoms with Gasteiger partial charge in [-0.3, -0.25) is 9.59 Å². The van der Waals surface area contributed by atoms with Crippen LogP contribution in [0.2, 0.25) is 0 Å². The summed E-state index contributed by atoms with van der Waals surface area (Å²) in [6.45, 7) is 0.646. The van der Waals surface area contributed by atoms with Crippen molar-refractivity contribution < 1.29 is 36.3 Å². The first-order chi connectivity index (χ1) is 18.4. The van der Waals surface area contributed by atoms with Gasteiger partial charge in [0.05, 0.1) is 24.1 Å². The van der Waals surface area contributed by atoms with E-state index in [1.165, 1.54) is 23.7 Å². The molecule has 0 radical (unpaired) electrons. The largest absolute Gasteiger partial charge is 0.573 e. The van der Waals surface area contributed by atoms with Gasteiger partial charge in [0, 0.05) is 11.6 Å². The third-order valence-corrected chi connectivity index (χ3v) is 5.75. The molecule has 2 heterocycles. The van der Waals surface area contributed by atoms with Crippen LogP contribution in [-0.2, 0) is 5.41 Å². The zero-order chi connectivity index (χ0) is 28.4. The normalized spacial score (nSPS) is 14.8. The molecule has 1 saturated carbocycles. The number of aromatic nitrogens is 5. The van der Waals surface area contributed by atoms with Crippen molar-refractivity contribution in [1.29, 1.82) is 5.26 Å². The Balaban J connectivity index is 1.56. The zero-order valence-corrected chi connectivity index (χ0v) is 20.0. The van der Waals surface area contributed by atoms with E-state index >= 15 is 0 Å². The second-order valence-electron chi connectivity index (χ2n) is 8.58. The highest BCUT2D eigenvalue weighted by atomic mass is 19.4. The maximum Gasteiger partial charge on any atom is 0.573 e. The van der Waals surface area contributed by atoms with Gasteiger partial charge in [0.2, 0.25) is 0 Å². The van der Waals surface area contributed by atoms with Crippen molar-refractivity contribution in [2.24, 2.45) is 0 Å². The van der Waals surface area contributed by atoms with Gasteiger partial charge in [-0.05, 0) is 43.5 Å². The SMILES string of the molecule is C[C@H](NC(=O)c1cc(OC(F)(F)F)cc(C2(C#N)CC2)c1)c1ncnn1-c1cc(C(=O)NCC(F)F)ncn1. The molecule has 2 N–H and O–H groups in total. The second-order valence-corrected chi connectivity index (χ2v) is 8.58. The fourth-order valence-electron chi connectivity index (χ4n) is 3.70. The van der Waals surface area contributed by atoms with Crippen molar-refractivity contribution >= 4 is 11.8 Å². The van der Waals surface area contributed by atoms with E-state index in [0.29, 0.717) is 12.8 Å². The molecular formula is C23H19F5N8O3. The number of nitrogens with zero attached hydrogens (tertiary/aromatic N) is 6. The van der Waals surface area contributed by atoms with Gasteiger partial charge in [-0.1, -0.05) is 0 Å². The summed E-state index contributed by atoms with van der Waals surface area (Å²) in [5.74, 6) is -2.13. The first-order valence-electron chi connectivity index (χ1n) is 11.3. The Labute approximate surface area is 217 Å². The van der Waals surface area contributed by atoms with Crippen molar-refractivity contribution in [3.63, 3.8) is 0 Å². The Kier molecular flexibility index (Phi) is 7.43. The number of carbonyl (C=O) groups excluding carboxylic acids is 2. The summed E-state index contributed by atoms with van der Waals surface area (Å²) in [6, 6.07) is 5.70. The van der Waals surface area contributed by atoms with Crippen molar-refractivity contribution in [2.45, 2.75) is 44.0 Å². The summed E-state index contributed by atoms with van der Waals surface area (Å²) in [7, 11) is 0. The summed E-state index contributed by atoms with van der Waals surface area (Å²) >= 11 is 0. The molecule has 0 saturated heterocycles. The molecule has 39 heavy (non-hydrogen) atoms. The van der Waals surface area contributed by atoms with E-state index in [-0.39, 0.29) is 28.5 Å². The number of hydrogen-bond acceptors (Lipinski definition) is 8. The molecule has 0 bridgehead atoms. The van der Waals surface area contributed by atoms with E-state index < -0.39 is 48.4 Å². The summed E-state index contributed by atoms with van der Waals surface area (Å²) in [6.07, 6.45) is -4.75. The van der Waals surface area contributed by atoms with E-state index in [1.807, 2.05) is 5.32 Å². The van der Waals surface area contributed by atoms with Crippen LogP contribution in [0.25, 0.3) is 5.82 Å². The van der Waals surface area contributed by atoms with Crippen LogP contribution >= 0.6 is 0 Å². The molecule has 11 nitrogen and oxygen atoms in total. The Morgan fingerprint density at radius 1 is 1.13 bits per heavy atom. The predicted octanol–water partition coefficient (Wildman–Crippen LogP) is 3.00. The van der Waals surface area contributed by atoms with E-state index in [2.05, 4.69) is 36.2 Å². The molecule has 1 aliphatic carbocycles. The van der Waals surface area contributed by atoms with Crippen LogP contribution in [0.4, 0.5) is 22.0 Å². The van der Waals surface area contributed by atoms with Crippen LogP contribution in [0, 0.1) is 11.3 Å². The van der Waals surface area contributed by atoms with Gasteiger partial charge >= 0.3 is 6.36 Å². The van der Waals surface area contributed by atoms with Crippen molar-refractivity contribution in [3.05, 3.63) is 59.6 Å². The molecule has 0 unspecified atom stereocenters. The number of benzene rings is 1. The Morgan fingerprint density at radius 2 is 1.87 bits per heavy atom. The number of hydrogen-bond donors (Lipinski definition) is 2. The van der Waals surface area contributed by atoms with Crippen LogP contribution in [0.15, 0.2) is 36.9 Å². The number of nitriles is 1. The number of rotatable bonds is 9. The number of amides is 2. The minimum atomic E-state index is -5.01. The van der Waals surface area contributed by atoms with Gasteiger partial charge in [-0.2, -0.15) is 15.0 Å². The quantitative estimate of drug-likeness (QED) is 0.387. The van der Waals surface area contributed by atoms with Crippen molar-refractivity contribution in [2.75, 3.05) is 6.54 Å². The molecule has 0 spiro atoms. The number of nitrogens with one attached hydrogen (secondary N) is 2. The molecule has 1 aliphatic rings. The average molecular weight is 550 g/mol. The fraction of sp³-hybridized carbons (Fsp3) is 0.348.